The van der Waals surface area contributed by atoms with Crippen LogP contribution in [0.4, 0.5) is 0 Å². The van der Waals surface area contributed by atoms with Crippen molar-refractivity contribution in [2.45, 2.75) is 18.4 Å². The van der Waals surface area contributed by atoms with E-state index < -0.39 is 5.60 Å². The zero-order valence-electron chi connectivity index (χ0n) is 5.13. The first-order valence-corrected chi connectivity index (χ1v) is 4.14. The summed E-state index contributed by atoms with van der Waals surface area (Å²) in [6, 6.07) is 1.92. The highest BCUT2D eigenvalue weighted by atomic mass is 32.2. The summed E-state index contributed by atoms with van der Waals surface area (Å²) in [5.41, 5.74) is -0.995. The van der Waals surface area contributed by atoms with Crippen LogP contribution in [0, 0.1) is 11.3 Å². The van der Waals surface area contributed by atoms with Gasteiger partial charge in [0, 0.05) is 0 Å². The van der Waals surface area contributed by atoms with E-state index in [0.29, 0.717) is 12.8 Å². The van der Waals surface area contributed by atoms with Gasteiger partial charge in [0.1, 0.15) is 0 Å². The van der Waals surface area contributed by atoms with E-state index in [-0.39, 0.29) is 0 Å². The van der Waals surface area contributed by atoms with Gasteiger partial charge in [0.2, 0.25) is 0 Å². The van der Waals surface area contributed by atoms with E-state index in [0.717, 1.165) is 11.5 Å². The largest absolute Gasteiger partial charge is 0.375 e. The van der Waals surface area contributed by atoms with Gasteiger partial charge in [-0.3, -0.25) is 0 Å². The lowest BCUT2D eigenvalue weighted by molar-refractivity contribution is 0.0904. The first-order valence-electron chi connectivity index (χ1n) is 2.98. The number of nitriles is 1. The molecule has 0 bridgehead atoms. The Hall–Kier alpha value is -0.200. The summed E-state index contributed by atoms with van der Waals surface area (Å²) < 4.78 is 0. The van der Waals surface area contributed by atoms with Crippen molar-refractivity contribution >= 4 is 11.8 Å². The maximum atomic E-state index is 9.31. The van der Waals surface area contributed by atoms with Crippen molar-refractivity contribution in [3.63, 3.8) is 0 Å². The molecular weight excluding hydrogens is 134 g/mol. The highest BCUT2D eigenvalue weighted by Crippen LogP contribution is 2.25. The van der Waals surface area contributed by atoms with Crippen LogP contribution in [0.5, 0.6) is 0 Å². The van der Waals surface area contributed by atoms with Crippen LogP contribution in [-0.2, 0) is 0 Å². The molecule has 1 saturated heterocycles. The molecule has 0 spiro atoms. The lowest BCUT2D eigenvalue weighted by Crippen LogP contribution is -2.31. The second-order valence-corrected chi connectivity index (χ2v) is 3.48. The van der Waals surface area contributed by atoms with Crippen LogP contribution in [0.15, 0.2) is 0 Å². The average molecular weight is 143 g/mol. The molecule has 0 amide bonds. The highest BCUT2D eigenvalue weighted by molar-refractivity contribution is 7.99. The first-order chi connectivity index (χ1) is 4.27. The molecule has 0 saturated carbocycles. The van der Waals surface area contributed by atoms with Crippen LogP contribution >= 0.6 is 11.8 Å². The minimum atomic E-state index is -0.995. The fourth-order valence-electron chi connectivity index (χ4n) is 0.821. The van der Waals surface area contributed by atoms with E-state index >= 15 is 0 Å². The van der Waals surface area contributed by atoms with E-state index in [4.69, 9.17) is 5.26 Å². The Bertz CT molecular complexity index is 134. The zero-order chi connectivity index (χ0) is 6.74. The highest BCUT2D eigenvalue weighted by Gasteiger charge is 2.28. The molecule has 0 unspecified atom stereocenters. The molecule has 0 radical (unpaired) electrons. The van der Waals surface area contributed by atoms with Gasteiger partial charge in [0.05, 0.1) is 6.07 Å². The standard InChI is InChI=1S/C6H9NOS/c7-5-6(8)1-3-9-4-2-6/h8H,1-4H2. The zero-order valence-corrected chi connectivity index (χ0v) is 5.95. The maximum absolute atomic E-state index is 9.31. The molecule has 3 heteroatoms. The number of hydrogen-bond donors (Lipinski definition) is 1. The van der Waals surface area contributed by atoms with Crippen LogP contribution < -0.4 is 0 Å². The van der Waals surface area contributed by atoms with Crippen LogP contribution in [-0.4, -0.2) is 22.2 Å². The molecule has 2 nitrogen and oxygen atoms in total. The van der Waals surface area contributed by atoms with Crippen molar-refractivity contribution in [2.24, 2.45) is 0 Å². The molecule has 0 atom stereocenters. The van der Waals surface area contributed by atoms with Crippen molar-refractivity contribution in [2.75, 3.05) is 11.5 Å². The molecule has 0 aromatic carbocycles. The summed E-state index contributed by atoms with van der Waals surface area (Å²) in [6.45, 7) is 0. The molecule has 0 aromatic rings. The van der Waals surface area contributed by atoms with Crippen LogP contribution in [0.2, 0.25) is 0 Å². The average Bonchev–Trinajstić information content (AvgIpc) is 1.90. The van der Waals surface area contributed by atoms with Crippen molar-refractivity contribution in [3.05, 3.63) is 0 Å². The number of hydrogen-bond acceptors (Lipinski definition) is 3. The fourth-order valence-corrected chi connectivity index (χ4v) is 1.99. The summed E-state index contributed by atoms with van der Waals surface area (Å²) in [7, 11) is 0. The molecule has 1 heterocycles. The molecule has 0 aromatic heterocycles. The summed E-state index contributed by atoms with van der Waals surface area (Å²) in [5, 5.41) is 17.7. The molecule has 1 aliphatic rings. The van der Waals surface area contributed by atoms with E-state index in [9.17, 15) is 5.11 Å². The number of rotatable bonds is 0. The van der Waals surface area contributed by atoms with E-state index in [1.807, 2.05) is 6.07 Å². The van der Waals surface area contributed by atoms with Gasteiger partial charge in [-0.2, -0.15) is 17.0 Å². The molecule has 9 heavy (non-hydrogen) atoms. The molecule has 1 rings (SSSR count). The monoisotopic (exact) mass is 143 g/mol. The number of nitrogens with zero attached hydrogens (tertiary/aromatic N) is 1. The van der Waals surface area contributed by atoms with E-state index in [2.05, 4.69) is 0 Å². The van der Waals surface area contributed by atoms with Gasteiger partial charge in [0.25, 0.3) is 0 Å². The molecular formula is C6H9NOS. The predicted molar refractivity (Wildman–Crippen MR) is 37.1 cm³/mol. The van der Waals surface area contributed by atoms with Crippen molar-refractivity contribution in [1.29, 1.82) is 5.26 Å². The van der Waals surface area contributed by atoms with E-state index in [1.165, 1.54) is 0 Å². The molecule has 0 aliphatic carbocycles. The normalized spacial score (nSPS) is 24.9. The summed E-state index contributed by atoms with van der Waals surface area (Å²) in [6.07, 6.45) is 1.27. The van der Waals surface area contributed by atoms with Gasteiger partial charge in [-0.1, -0.05) is 0 Å². The minimum absolute atomic E-state index is 0.633. The summed E-state index contributed by atoms with van der Waals surface area (Å²) in [4.78, 5) is 0. The third-order valence-corrected chi connectivity index (χ3v) is 2.51. The van der Waals surface area contributed by atoms with Crippen molar-refractivity contribution in [1.82, 2.24) is 0 Å². The maximum Gasteiger partial charge on any atom is 0.152 e. The van der Waals surface area contributed by atoms with Gasteiger partial charge in [-0.05, 0) is 24.3 Å². The third kappa shape index (κ3) is 1.60. The topological polar surface area (TPSA) is 44.0 Å². The lowest BCUT2D eigenvalue weighted by Gasteiger charge is -2.23. The third-order valence-electron chi connectivity index (χ3n) is 1.53. The molecule has 1 aliphatic heterocycles. The predicted octanol–water partition coefficient (Wildman–Crippen LogP) is 0.768. The number of thioether (sulfide) groups is 1. The Morgan fingerprint density at radius 2 is 2.00 bits per heavy atom. The SMILES string of the molecule is N#CC1(O)CCSCC1. The summed E-state index contributed by atoms with van der Waals surface area (Å²) >= 11 is 1.80. The Morgan fingerprint density at radius 1 is 1.44 bits per heavy atom. The lowest BCUT2D eigenvalue weighted by atomic mass is 9.99. The second-order valence-electron chi connectivity index (χ2n) is 2.26. The summed E-state index contributed by atoms with van der Waals surface area (Å²) in [5.74, 6) is 1.84. The van der Waals surface area contributed by atoms with Crippen molar-refractivity contribution < 1.29 is 5.11 Å². The van der Waals surface area contributed by atoms with Crippen LogP contribution in [0.3, 0.4) is 0 Å². The van der Waals surface area contributed by atoms with Crippen molar-refractivity contribution in [3.8, 4) is 6.07 Å². The van der Waals surface area contributed by atoms with Gasteiger partial charge >= 0.3 is 0 Å². The van der Waals surface area contributed by atoms with Gasteiger partial charge in [0.15, 0.2) is 5.60 Å². The molecule has 1 fully saturated rings. The number of aliphatic hydroxyl groups is 1. The van der Waals surface area contributed by atoms with Crippen LogP contribution in [0.25, 0.3) is 0 Å². The Balaban J connectivity index is 2.49. The van der Waals surface area contributed by atoms with Gasteiger partial charge in [-0.25, -0.2) is 0 Å². The van der Waals surface area contributed by atoms with E-state index in [1.54, 1.807) is 11.8 Å². The second kappa shape index (κ2) is 2.59. The smallest absolute Gasteiger partial charge is 0.152 e. The molecule has 50 valence electrons. The quantitative estimate of drug-likeness (QED) is 0.509. The first kappa shape index (κ1) is 6.91. The Labute approximate surface area is 58.9 Å². The Kier molecular flexibility index (Phi) is 1.99. The minimum Gasteiger partial charge on any atom is -0.375 e. The molecule has 1 N–H and O–H groups in total. The van der Waals surface area contributed by atoms with Gasteiger partial charge < -0.3 is 5.11 Å². The Morgan fingerprint density at radius 3 is 2.33 bits per heavy atom. The fraction of sp³-hybridized carbons (Fsp3) is 0.833. The van der Waals surface area contributed by atoms with Crippen LogP contribution in [0.1, 0.15) is 12.8 Å². The van der Waals surface area contributed by atoms with Gasteiger partial charge in [-0.15, -0.1) is 0 Å².